The molecule has 20 heavy (non-hydrogen) atoms. The fourth-order valence-corrected chi connectivity index (χ4v) is 3.64. The highest BCUT2D eigenvalue weighted by Crippen LogP contribution is 2.32. The number of benzene rings is 1. The standard InChI is InChI=1S/C14H7Br2NO2S/c15-7-1-2-8-9(14(18)19)6-11(17-10(8)5-7)12-3-4-13(16)20-12/h1-6H,(H,18,19)/p-1. The molecule has 0 N–H and O–H groups in total. The van der Waals surface area contributed by atoms with E-state index in [-0.39, 0.29) is 5.56 Å². The molecule has 2 aromatic heterocycles. The summed E-state index contributed by atoms with van der Waals surface area (Å²) in [5.74, 6) is -1.20. The Hall–Kier alpha value is -1.24. The number of carbonyl (C=O) groups excluding carboxylic acids is 1. The van der Waals surface area contributed by atoms with Gasteiger partial charge in [-0.15, -0.1) is 11.3 Å². The number of hydrogen-bond donors (Lipinski definition) is 0. The molecule has 0 aliphatic rings. The van der Waals surface area contributed by atoms with Gasteiger partial charge in [-0.3, -0.25) is 0 Å². The van der Waals surface area contributed by atoms with Crippen LogP contribution in [0.25, 0.3) is 21.5 Å². The number of aromatic carboxylic acids is 1. The second-order valence-electron chi connectivity index (χ2n) is 4.11. The number of carboxylic acid groups (broad SMARTS) is 1. The lowest BCUT2D eigenvalue weighted by Crippen LogP contribution is -2.22. The van der Waals surface area contributed by atoms with Gasteiger partial charge in [-0.1, -0.05) is 22.0 Å². The highest BCUT2D eigenvalue weighted by molar-refractivity contribution is 9.11. The molecule has 3 aromatic rings. The Bertz CT molecular complexity index is 829. The van der Waals surface area contributed by atoms with Crippen LogP contribution in [-0.2, 0) is 0 Å². The molecular weight excluding hydrogens is 406 g/mol. The van der Waals surface area contributed by atoms with Gasteiger partial charge in [-0.05, 0) is 46.3 Å². The summed E-state index contributed by atoms with van der Waals surface area (Å²) in [5, 5.41) is 11.9. The fourth-order valence-electron chi connectivity index (χ4n) is 1.95. The fraction of sp³-hybridized carbons (Fsp3) is 0. The topological polar surface area (TPSA) is 53.0 Å². The molecular formula is C14H6Br2NO2S-. The number of aromatic nitrogens is 1. The zero-order valence-corrected chi connectivity index (χ0v) is 13.9. The Morgan fingerprint density at radius 3 is 2.60 bits per heavy atom. The van der Waals surface area contributed by atoms with Gasteiger partial charge >= 0.3 is 0 Å². The van der Waals surface area contributed by atoms with E-state index in [1.165, 1.54) is 11.3 Å². The highest BCUT2D eigenvalue weighted by Gasteiger charge is 2.10. The molecule has 0 saturated heterocycles. The van der Waals surface area contributed by atoms with E-state index >= 15 is 0 Å². The lowest BCUT2D eigenvalue weighted by Gasteiger charge is -2.10. The highest BCUT2D eigenvalue weighted by atomic mass is 79.9. The number of thiophene rings is 1. The summed E-state index contributed by atoms with van der Waals surface area (Å²) in [7, 11) is 0. The smallest absolute Gasteiger partial charge is 0.0816 e. The van der Waals surface area contributed by atoms with Crippen molar-refractivity contribution in [2.45, 2.75) is 0 Å². The summed E-state index contributed by atoms with van der Waals surface area (Å²) < 4.78 is 1.82. The van der Waals surface area contributed by atoms with E-state index in [0.717, 1.165) is 13.1 Å². The van der Waals surface area contributed by atoms with Crippen molar-refractivity contribution < 1.29 is 9.90 Å². The summed E-state index contributed by atoms with van der Waals surface area (Å²) in [6, 6.07) is 10.7. The Morgan fingerprint density at radius 2 is 1.95 bits per heavy atom. The Morgan fingerprint density at radius 1 is 1.15 bits per heavy atom. The zero-order valence-electron chi connectivity index (χ0n) is 9.89. The Kier molecular flexibility index (Phi) is 3.62. The predicted molar refractivity (Wildman–Crippen MR) is 84.8 cm³/mol. The minimum atomic E-state index is -1.20. The quantitative estimate of drug-likeness (QED) is 0.643. The first-order valence-electron chi connectivity index (χ1n) is 5.62. The van der Waals surface area contributed by atoms with E-state index in [0.29, 0.717) is 16.6 Å². The number of carbonyl (C=O) groups is 1. The van der Waals surface area contributed by atoms with Crippen LogP contribution in [0.15, 0.2) is 44.7 Å². The van der Waals surface area contributed by atoms with Crippen LogP contribution in [0.5, 0.6) is 0 Å². The van der Waals surface area contributed by atoms with Gasteiger partial charge in [0.15, 0.2) is 0 Å². The van der Waals surface area contributed by atoms with Gasteiger partial charge in [-0.2, -0.15) is 0 Å². The number of carboxylic acids is 1. The maximum absolute atomic E-state index is 11.3. The maximum atomic E-state index is 11.3. The van der Waals surface area contributed by atoms with Crippen molar-refractivity contribution in [3.8, 4) is 10.6 Å². The number of nitrogens with zero attached hydrogens (tertiary/aromatic N) is 1. The Balaban J connectivity index is 2.32. The number of halogens is 2. The van der Waals surface area contributed by atoms with E-state index in [1.54, 1.807) is 24.3 Å². The number of pyridine rings is 1. The maximum Gasteiger partial charge on any atom is 0.0816 e. The van der Waals surface area contributed by atoms with E-state index < -0.39 is 5.97 Å². The van der Waals surface area contributed by atoms with Gasteiger partial charge in [0, 0.05) is 15.4 Å². The molecule has 0 saturated carbocycles. The van der Waals surface area contributed by atoms with Crippen LogP contribution in [0, 0.1) is 0 Å². The third-order valence-electron chi connectivity index (χ3n) is 2.82. The molecule has 0 aliphatic heterocycles. The van der Waals surface area contributed by atoms with Crippen LogP contribution in [0.1, 0.15) is 10.4 Å². The predicted octanol–water partition coefficient (Wildman–Crippen LogP) is 3.85. The van der Waals surface area contributed by atoms with Crippen molar-refractivity contribution >= 4 is 60.1 Å². The van der Waals surface area contributed by atoms with Gasteiger partial charge in [-0.25, -0.2) is 4.98 Å². The molecule has 0 fully saturated rings. The zero-order chi connectivity index (χ0) is 14.3. The SMILES string of the molecule is O=C([O-])c1cc(-c2ccc(Br)s2)nc2cc(Br)ccc12. The average molecular weight is 412 g/mol. The molecule has 0 aliphatic carbocycles. The van der Waals surface area contributed by atoms with Crippen LogP contribution >= 0.6 is 43.2 Å². The van der Waals surface area contributed by atoms with E-state index in [2.05, 4.69) is 36.8 Å². The van der Waals surface area contributed by atoms with Crippen LogP contribution in [-0.4, -0.2) is 11.0 Å². The minimum Gasteiger partial charge on any atom is -0.545 e. The van der Waals surface area contributed by atoms with Gasteiger partial charge in [0.05, 0.1) is 25.8 Å². The molecule has 1 aromatic carbocycles. The van der Waals surface area contributed by atoms with Crippen molar-refractivity contribution in [2.75, 3.05) is 0 Å². The van der Waals surface area contributed by atoms with Crippen LogP contribution in [0.4, 0.5) is 0 Å². The first-order chi connectivity index (χ1) is 9.54. The lowest BCUT2D eigenvalue weighted by molar-refractivity contribution is -0.254. The van der Waals surface area contributed by atoms with Gasteiger partial charge in [0.25, 0.3) is 0 Å². The van der Waals surface area contributed by atoms with Gasteiger partial charge < -0.3 is 9.90 Å². The molecule has 0 spiro atoms. The first-order valence-corrected chi connectivity index (χ1v) is 8.02. The molecule has 6 heteroatoms. The first kappa shape index (κ1) is 13.7. The summed E-state index contributed by atoms with van der Waals surface area (Å²) in [6.07, 6.45) is 0. The van der Waals surface area contributed by atoms with Crippen molar-refractivity contribution in [3.05, 3.63) is 50.2 Å². The summed E-state index contributed by atoms with van der Waals surface area (Å²) in [6.45, 7) is 0. The summed E-state index contributed by atoms with van der Waals surface area (Å²) >= 11 is 8.27. The third kappa shape index (κ3) is 2.51. The van der Waals surface area contributed by atoms with Gasteiger partial charge in [0.1, 0.15) is 0 Å². The number of fused-ring (bicyclic) bond motifs is 1. The molecule has 0 atom stereocenters. The van der Waals surface area contributed by atoms with E-state index in [9.17, 15) is 9.90 Å². The summed E-state index contributed by atoms with van der Waals surface area (Å²) in [5.41, 5.74) is 1.41. The van der Waals surface area contributed by atoms with E-state index in [4.69, 9.17) is 0 Å². The second-order valence-corrected chi connectivity index (χ2v) is 7.49. The monoisotopic (exact) mass is 410 g/mol. The van der Waals surface area contributed by atoms with E-state index in [1.807, 2.05) is 12.1 Å². The number of rotatable bonds is 2. The normalized spacial score (nSPS) is 10.9. The van der Waals surface area contributed by atoms with Crippen LogP contribution in [0.3, 0.4) is 0 Å². The Labute approximate surface area is 135 Å². The van der Waals surface area contributed by atoms with Gasteiger partial charge in [0.2, 0.25) is 0 Å². The van der Waals surface area contributed by atoms with Crippen molar-refractivity contribution in [1.82, 2.24) is 4.98 Å². The molecule has 0 bridgehead atoms. The molecule has 2 heterocycles. The van der Waals surface area contributed by atoms with Crippen molar-refractivity contribution in [2.24, 2.45) is 0 Å². The van der Waals surface area contributed by atoms with Crippen molar-refractivity contribution in [1.29, 1.82) is 0 Å². The summed E-state index contributed by atoms with van der Waals surface area (Å²) in [4.78, 5) is 16.8. The molecule has 3 nitrogen and oxygen atoms in total. The second kappa shape index (κ2) is 5.27. The average Bonchev–Trinajstić information content (AvgIpc) is 2.83. The minimum absolute atomic E-state index is 0.155. The molecule has 100 valence electrons. The molecule has 0 amide bonds. The molecule has 3 rings (SSSR count). The molecule has 0 unspecified atom stereocenters. The molecule has 0 radical (unpaired) electrons. The largest absolute Gasteiger partial charge is 0.545 e. The van der Waals surface area contributed by atoms with Crippen LogP contribution in [0.2, 0.25) is 0 Å². The lowest BCUT2D eigenvalue weighted by atomic mass is 10.1. The van der Waals surface area contributed by atoms with Crippen LogP contribution < -0.4 is 5.11 Å². The third-order valence-corrected chi connectivity index (χ3v) is 4.96. The van der Waals surface area contributed by atoms with Crippen molar-refractivity contribution in [3.63, 3.8) is 0 Å². The number of hydrogen-bond acceptors (Lipinski definition) is 4.